The van der Waals surface area contributed by atoms with Gasteiger partial charge in [-0.1, -0.05) is 60.7 Å². The number of carbonyl (C=O) groups is 3. The van der Waals surface area contributed by atoms with Crippen LogP contribution in [-0.2, 0) is 37.0 Å². The summed E-state index contributed by atoms with van der Waals surface area (Å²) < 4.78 is 22.3. The van der Waals surface area contributed by atoms with Gasteiger partial charge in [-0.15, -0.1) is 0 Å². The average molecular weight is 614 g/mol. The van der Waals surface area contributed by atoms with Crippen LogP contribution in [0.25, 0.3) is 0 Å². The predicted octanol–water partition coefficient (Wildman–Crippen LogP) is 5.88. The zero-order chi connectivity index (χ0) is 32.4. The van der Waals surface area contributed by atoms with Gasteiger partial charge in [-0.25, -0.2) is 14.4 Å². The Balaban J connectivity index is 1.82. The number of ether oxygens (including phenoxy) is 4. The van der Waals surface area contributed by atoms with Crippen molar-refractivity contribution in [3.8, 4) is 0 Å². The summed E-state index contributed by atoms with van der Waals surface area (Å²) >= 11 is 0. The lowest BCUT2D eigenvalue weighted by Gasteiger charge is -2.28. The summed E-state index contributed by atoms with van der Waals surface area (Å²) in [4.78, 5) is 37.4. The molecule has 0 aliphatic rings. The molecule has 0 fully saturated rings. The molecule has 2 rings (SSSR count). The summed E-state index contributed by atoms with van der Waals surface area (Å²) in [7, 11) is 0. The Morgan fingerprint density at radius 3 is 1.86 bits per heavy atom. The van der Waals surface area contributed by atoms with Crippen molar-refractivity contribution in [1.29, 1.82) is 0 Å². The van der Waals surface area contributed by atoms with Crippen molar-refractivity contribution in [3.05, 3.63) is 71.8 Å². The normalized spacial score (nSPS) is 13.0. The molecule has 0 radical (unpaired) electrons. The number of alkyl carbamates (subject to hydrolysis) is 2. The monoisotopic (exact) mass is 613 g/mol. The quantitative estimate of drug-likeness (QED) is 0.115. The summed E-state index contributed by atoms with van der Waals surface area (Å²) in [6, 6.07) is 17.9. The van der Waals surface area contributed by atoms with Crippen molar-refractivity contribution in [2.24, 2.45) is 0 Å². The summed E-state index contributed by atoms with van der Waals surface area (Å²) in [6.07, 6.45) is 1.21. The summed E-state index contributed by atoms with van der Waals surface area (Å²) in [5, 5.41) is 8.89. The highest BCUT2D eigenvalue weighted by Crippen LogP contribution is 2.13. The van der Waals surface area contributed by atoms with E-state index in [4.69, 9.17) is 18.9 Å². The number of unbranched alkanes of at least 4 members (excludes halogenated alkanes) is 1. The van der Waals surface area contributed by atoms with E-state index >= 15 is 0 Å². The van der Waals surface area contributed by atoms with Crippen LogP contribution < -0.4 is 16.0 Å². The molecule has 2 aromatic carbocycles. The van der Waals surface area contributed by atoms with E-state index in [1.54, 1.807) is 0 Å². The van der Waals surface area contributed by atoms with Crippen molar-refractivity contribution in [1.82, 2.24) is 16.0 Å². The summed E-state index contributed by atoms with van der Waals surface area (Å²) in [5.41, 5.74) is 0.824. The van der Waals surface area contributed by atoms with Gasteiger partial charge in [0.2, 0.25) is 0 Å². The minimum atomic E-state index is -0.835. The van der Waals surface area contributed by atoms with Crippen LogP contribution in [0.1, 0.15) is 78.4 Å². The maximum Gasteiger partial charge on any atom is 0.408 e. The lowest BCUT2D eigenvalue weighted by Crippen LogP contribution is -2.42. The largest absolute Gasteiger partial charge is 0.459 e. The van der Waals surface area contributed by atoms with E-state index in [0.29, 0.717) is 38.9 Å². The first-order chi connectivity index (χ1) is 20.8. The number of benzene rings is 2. The van der Waals surface area contributed by atoms with Crippen LogP contribution in [-0.4, -0.2) is 61.1 Å². The van der Waals surface area contributed by atoms with Gasteiger partial charge < -0.3 is 34.9 Å². The van der Waals surface area contributed by atoms with Gasteiger partial charge >= 0.3 is 18.2 Å². The van der Waals surface area contributed by atoms with Crippen LogP contribution in [0, 0.1) is 0 Å². The minimum absolute atomic E-state index is 0.105. The fraction of sp³-hybridized carbons (Fsp3) is 0.559. The minimum Gasteiger partial charge on any atom is -0.459 e. The molecule has 0 spiro atoms. The Morgan fingerprint density at radius 1 is 0.705 bits per heavy atom. The number of amides is 2. The van der Waals surface area contributed by atoms with Gasteiger partial charge in [0.05, 0.1) is 11.7 Å². The first kappa shape index (κ1) is 36.6. The molecule has 0 aliphatic carbocycles. The molecular formula is C34H51N3O7. The highest BCUT2D eigenvalue weighted by molar-refractivity contribution is 5.81. The summed E-state index contributed by atoms with van der Waals surface area (Å²) in [5.74, 6) is -0.505. The van der Waals surface area contributed by atoms with Crippen LogP contribution in [0.3, 0.4) is 0 Å². The number of esters is 1. The molecular weight excluding hydrogens is 562 g/mol. The van der Waals surface area contributed by atoms with E-state index in [1.807, 2.05) is 102 Å². The fourth-order valence-corrected chi connectivity index (χ4v) is 4.20. The number of carbonyl (C=O) groups excluding carboxylic acids is 3. The van der Waals surface area contributed by atoms with Gasteiger partial charge in [-0.3, -0.25) is 0 Å². The molecule has 2 aromatic rings. The molecule has 0 aromatic heterocycles. The Morgan fingerprint density at radius 2 is 1.30 bits per heavy atom. The van der Waals surface area contributed by atoms with Crippen molar-refractivity contribution in [2.75, 3.05) is 19.6 Å². The standard InChI is InChI=1S/C34H51N3O7/c1-33(2,3)43-28(20-22-36-31(39)44-34(4,5)6)23-35-21-14-13-19-29(30(38)41-24-26-15-9-7-10-16-26)37-32(40)42-25-27-17-11-8-12-18-27/h7-12,15-18,28-29,35H,13-14,19-25H2,1-6H3,(H,36,39)(H,37,40)/t28-,29+/m1/s1. The van der Waals surface area contributed by atoms with E-state index in [0.717, 1.165) is 17.5 Å². The van der Waals surface area contributed by atoms with E-state index in [9.17, 15) is 14.4 Å². The van der Waals surface area contributed by atoms with Gasteiger partial charge in [0.15, 0.2) is 0 Å². The molecule has 0 saturated carbocycles. The smallest absolute Gasteiger partial charge is 0.408 e. The molecule has 3 N–H and O–H groups in total. The van der Waals surface area contributed by atoms with E-state index < -0.39 is 29.8 Å². The predicted molar refractivity (Wildman–Crippen MR) is 170 cm³/mol. The highest BCUT2D eigenvalue weighted by atomic mass is 16.6. The van der Waals surface area contributed by atoms with Crippen LogP contribution in [0.4, 0.5) is 9.59 Å². The maximum absolute atomic E-state index is 12.9. The number of rotatable bonds is 17. The molecule has 0 unspecified atom stereocenters. The van der Waals surface area contributed by atoms with Gasteiger partial charge in [0, 0.05) is 13.1 Å². The van der Waals surface area contributed by atoms with Crippen LogP contribution in [0.5, 0.6) is 0 Å². The number of nitrogens with one attached hydrogen (secondary N) is 3. The zero-order valence-electron chi connectivity index (χ0n) is 27.1. The van der Waals surface area contributed by atoms with E-state index in [-0.39, 0.29) is 24.9 Å². The molecule has 10 nitrogen and oxygen atoms in total. The number of hydrogen-bond donors (Lipinski definition) is 3. The van der Waals surface area contributed by atoms with Gasteiger partial charge in [-0.05, 0) is 84.9 Å². The lowest BCUT2D eigenvalue weighted by molar-refractivity contribution is -0.147. The average Bonchev–Trinajstić information content (AvgIpc) is 2.95. The highest BCUT2D eigenvalue weighted by Gasteiger charge is 2.23. The third-order valence-electron chi connectivity index (χ3n) is 6.14. The first-order valence-corrected chi connectivity index (χ1v) is 15.3. The van der Waals surface area contributed by atoms with Crippen LogP contribution in [0.2, 0.25) is 0 Å². The van der Waals surface area contributed by atoms with Crippen molar-refractivity contribution >= 4 is 18.2 Å². The molecule has 0 saturated heterocycles. The fourth-order valence-electron chi connectivity index (χ4n) is 4.20. The van der Waals surface area contributed by atoms with Gasteiger partial charge in [-0.2, -0.15) is 0 Å². The third-order valence-corrected chi connectivity index (χ3v) is 6.14. The first-order valence-electron chi connectivity index (χ1n) is 15.3. The van der Waals surface area contributed by atoms with Crippen molar-refractivity contribution < 1.29 is 33.3 Å². The lowest BCUT2D eigenvalue weighted by atomic mass is 10.1. The van der Waals surface area contributed by atoms with Gasteiger partial charge in [0.25, 0.3) is 0 Å². The molecule has 2 amide bonds. The molecule has 0 bridgehead atoms. The van der Waals surface area contributed by atoms with E-state index in [2.05, 4.69) is 16.0 Å². The van der Waals surface area contributed by atoms with Crippen LogP contribution >= 0.6 is 0 Å². The molecule has 10 heteroatoms. The Labute approximate surface area is 262 Å². The molecule has 0 heterocycles. The Bertz CT molecular complexity index is 1120. The van der Waals surface area contributed by atoms with Crippen molar-refractivity contribution in [2.45, 2.75) is 104 Å². The molecule has 244 valence electrons. The third kappa shape index (κ3) is 17.5. The van der Waals surface area contributed by atoms with Gasteiger partial charge in [0.1, 0.15) is 24.9 Å². The second kappa shape index (κ2) is 18.9. The Kier molecular flexibility index (Phi) is 15.7. The maximum atomic E-state index is 12.9. The summed E-state index contributed by atoms with van der Waals surface area (Å²) in [6.45, 7) is 13.4. The molecule has 2 atom stereocenters. The van der Waals surface area contributed by atoms with E-state index in [1.165, 1.54) is 0 Å². The second-order valence-electron chi connectivity index (χ2n) is 12.6. The van der Waals surface area contributed by atoms with Crippen LogP contribution in [0.15, 0.2) is 60.7 Å². The molecule has 44 heavy (non-hydrogen) atoms. The zero-order valence-corrected chi connectivity index (χ0v) is 27.1. The Hall–Kier alpha value is -3.63. The van der Waals surface area contributed by atoms with Crippen molar-refractivity contribution in [3.63, 3.8) is 0 Å². The second-order valence-corrected chi connectivity index (χ2v) is 12.6. The molecule has 0 aliphatic heterocycles. The number of hydrogen-bond acceptors (Lipinski definition) is 8. The SMILES string of the molecule is CC(C)(C)OC(=O)NCC[C@H](CNCCCC[C@H](NC(=O)OCc1ccccc1)C(=O)OCc1ccccc1)OC(C)(C)C. The topological polar surface area (TPSA) is 124 Å².